The van der Waals surface area contributed by atoms with Gasteiger partial charge in [-0.2, -0.15) is 18.2 Å². The fourth-order valence-corrected chi connectivity index (χ4v) is 4.76. The van der Waals surface area contributed by atoms with E-state index in [1.54, 1.807) is 66.9 Å². The number of nitrogens with one attached hydrogen (secondary N) is 1. The first-order chi connectivity index (χ1) is 18.6. The Morgan fingerprint density at radius 2 is 1.31 bits per heavy atom. The maximum Gasteiger partial charge on any atom is 0.416 e. The van der Waals surface area contributed by atoms with Gasteiger partial charge in [0.15, 0.2) is 5.17 Å². The molecule has 4 rings (SSSR count). The second-order valence-corrected chi connectivity index (χ2v) is 9.45. The third kappa shape index (κ3) is 6.37. The van der Waals surface area contributed by atoms with Gasteiger partial charge in [-0.15, -0.1) is 0 Å². The number of amides is 1. The van der Waals surface area contributed by atoms with Crippen LogP contribution in [0.2, 0.25) is 0 Å². The highest BCUT2D eigenvalue weighted by Gasteiger charge is 2.40. The molecule has 0 fully saturated rings. The predicted molar refractivity (Wildman–Crippen MR) is 144 cm³/mol. The lowest BCUT2D eigenvalue weighted by Crippen LogP contribution is -2.42. The van der Waals surface area contributed by atoms with E-state index in [9.17, 15) is 26.7 Å². The van der Waals surface area contributed by atoms with E-state index in [4.69, 9.17) is 0 Å². The second kappa shape index (κ2) is 11.8. The minimum absolute atomic E-state index is 0.00466. The number of rotatable bonds is 6. The Labute approximate surface area is 226 Å². The summed E-state index contributed by atoms with van der Waals surface area (Å²) < 4.78 is 70.0. The van der Waals surface area contributed by atoms with Gasteiger partial charge in [-0.1, -0.05) is 72.4 Å². The Kier molecular flexibility index (Phi) is 8.50. The van der Waals surface area contributed by atoms with Gasteiger partial charge in [0.1, 0.15) is 11.6 Å². The average Bonchev–Trinajstić information content (AvgIpc) is 2.93. The average molecular weight is 555 g/mol. The van der Waals surface area contributed by atoms with E-state index in [-0.39, 0.29) is 17.3 Å². The Morgan fingerprint density at radius 1 is 0.744 bits per heavy atom. The lowest BCUT2D eigenvalue weighted by molar-refractivity contribution is -0.137. The van der Waals surface area contributed by atoms with Gasteiger partial charge >= 0.3 is 6.18 Å². The molecule has 9 heteroatoms. The lowest BCUT2D eigenvalue weighted by Gasteiger charge is -2.37. The molecule has 1 unspecified atom stereocenters. The summed E-state index contributed by atoms with van der Waals surface area (Å²) in [6, 6.07) is 24.6. The van der Waals surface area contributed by atoms with Crippen molar-refractivity contribution in [1.82, 2.24) is 5.32 Å². The van der Waals surface area contributed by atoms with E-state index < -0.39 is 34.7 Å². The number of carbonyl (C=O) groups excluding carboxylic acids is 1. The number of amidine groups is 1. The largest absolute Gasteiger partial charge is 0.416 e. The number of benzene rings is 4. The molecule has 0 aromatic heterocycles. The lowest BCUT2D eigenvalue weighted by atomic mass is 9.69. The van der Waals surface area contributed by atoms with Crippen LogP contribution in [0.1, 0.15) is 32.6 Å². The van der Waals surface area contributed by atoms with Crippen LogP contribution in [-0.4, -0.2) is 23.9 Å². The molecule has 1 N–H and O–H groups in total. The molecular formula is C30H23F5N2OS. The van der Waals surface area contributed by atoms with Crippen molar-refractivity contribution in [3.63, 3.8) is 0 Å². The van der Waals surface area contributed by atoms with E-state index in [1.165, 1.54) is 24.3 Å². The van der Waals surface area contributed by atoms with E-state index in [0.717, 1.165) is 23.9 Å². The fourth-order valence-electron chi connectivity index (χ4n) is 4.37. The first-order valence-corrected chi connectivity index (χ1v) is 13.0. The molecule has 1 amide bonds. The van der Waals surface area contributed by atoms with Crippen LogP contribution in [0.15, 0.2) is 108 Å². The Hall–Kier alpha value is -3.98. The van der Waals surface area contributed by atoms with Crippen molar-refractivity contribution >= 4 is 22.8 Å². The Balaban J connectivity index is 1.90. The van der Waals surface area contributed by atoms with Crippen molar-refractivity contribution in [2.24, 2.45) is 4.99 Å². The van der Waals surface area contributed by atoms with Crippen LogP contribution in [0.25, 0.3) is 0 Å². The molecular weight excluding hydrogens is 531 g/mol. The molecule has 4 aromatic rings. The first kappa shape index (κ1) is 28.0. The van der Waals surface area contributed by atoms with Crippen molar-refractivity contribution in [2.75, 3.05) is 12.8 Å². The highest BCUT2D eigenvalue weighted by molar-refractivity contribution is 8.13. The van der Waals surface area contributed by atoms with Crippen molar-refractivity contribution in [3.8, 4) is 0 Å². The van der Waals surface area contributed by atoms with E-state index in [2.05, 4.69) is 10.3 Å². The SMILES string of the molecule is CSC(=NC(=O)c1ccccc1)NCC(c1ccccc1)(c1ccc(F)cc1)c1cc(F)cc(C(F)(F)F)c1. The topological polar surface area (TPSA) is 41.5 Å². The van der Waals surface area contributed by atoms with Gasteiger partial charge in [0.05, 0.1) is 11.0 Å². The monoisotopic (exact) mass is 554 g/mol. The molecule has 0 aliphatic heterocycles. The Bertz CT molecular complexity index is 1460. The number of halogens is 5. The molecule has 4 aromatic carbocycles. The van der Waals surface area contributed by atoms with Crippen molar-refractivity contribution in [3.05, 3.63) is 143 Å². The predicted octanol–water partition coefficient (Wildman–Crippen LogP) is 7.47. The number of alkyl halides is 3. The summed E-state index contributed by atoms with van der Waals surface area (Å²) in [6.45, 7) is -0.120. The maximum atomic E-state index is 14.8. The third-order valence-electron chi connectivity index (χ3n) is 6.24. The van der Waals surface area contributed by atoms with E-state index in [1.807, 2.05) is 0 Å². The minimum atomic E-state index is -4.80. The molecule has 0 saturated carbocycles. The number of thioether (sulfide) groups is 1. The molecule has 0 radical (unpaired) electrons. The van der Waals surface area contributed by atoms with Gasteiger partial charge in [0.25, 0.3) is 5.91 Å². The summed E-state index contributed by atoms with van der Waals surface area (Å²) >= 11 is 1.14. The van der Waals surface area contributed by atoms with Crippen LogP contribution in [0.5, 0.6) is 0 Å². The smallest absolute Gasteiger partial charge is 0.363 e. The number of hydrogen-bond acceptors (Lipinski definition) is 2. The quantitative estimate of drug-likeness (QED) is 0.116. The molecule has 39 heavy (non-hydrogen) atoms. The number of nitrogens with zero attached hydrogens (tertiary/aromatic N) is 1. The molecule has 0 spiro atoms. The van der Waals surface area contributed by atoms with Crippen LogP contribution in [0.3, 0.4) is 0 Å². The van der Waals surface area contributed by atoms with Crippen LogP contribution in [-0.2, 0) is 11.6 Å². The summed E-state index contributed by atoms with van der Waals surface area (Å²) in [6.07, 6.45) is -3.11. The summed E-state index contributed by atoms with van der Waals surface area (Å²) in [5.41, 5.74) is -1.29. The Morgan fingerprint density at radius 3 is 1.90 bits per heavy atom. The van der Waals surface area contributed by atoms with Crippen molar-refractivity contribution in [2.45, 2.75) is 11.6 Å². The zero-order chi connectivity index (χ0) is 28.0. The molecule has 0 bridgehead atoms. The van der Waals surface area contributed by atoms with E-state index in [0.29, 0.717) is 22.8 Å². The zero-order valence-electron chi connectivity index (χ0n) is 20.7. The molecule has 0 aliphatic rings. The van der Waals surface area contributed by atoms with Gasteiger partial charge in [-0.25, -0.2) is 8.78 Å². The van der Waals surface area contributed by atoms with Gasteiger partial charge in [0, 0.05) is 12.1 Å². The number of carbonyl (C=O) groups is 1. The van der Waals surface area contributed by atoms with Crippen LogP contribution >= 0.6 is 11.8 Å². The highest BCUT2D eigenvalue weighted by Crippen LogP contribution is 2.42. The standard InChI is InChI=1S/C30H23F5N2OS/c1-39-28(37-27(38)20-8-4-2-5-9-20)36-19-29(21-10-6-3-7-11-21,22-12-14-25(31)15-13-22)23-16-24(30(33,34)35)18-26(32)17-23/h2-18H,19H2,1H3,(H,36,37,38). The van der Waals surface area contributed by atoms with Gasteiger partial charge < -0.3 is 5.32 Å². The molecule has 0 saturated heterocycles. The number of hydrogen-bond donors (Lipinski definition) is 1. The van der Waals surface area contributed by atoms with Gasteiger partial charge in [-0.3, -0.25) is 4.79 Å². The molecule has 3 nitrogen and oxygen atoms in total. The third-order valence-corrected chi connectivity index (χ3v) is 6.87. The summed E-state index contributed by atoms with van der Waals surface area (Å²) in [7, 11) is 0. The van der Waals surface area contributed by atoms with Crippen molar-refractivity contribution in [1.29, 1.82) is 0 Å². The van der Waals surface area contributed by atoms with Crippen LogP contribution < -0.4 is 5.32 Å². The highest BCUT2D eigenvalue weighted by atomic mass is 32.2. The van der Waals surface area contributed by atoms with Crippen LogP contribution in [0.4, 0.5) is 22.0 Å². The summed E-state index contributed by atoms with van der Waals surface area (Å²) in [5, 5.41) is 3.30. The molecule has 1 atom stereocenters. The number of aliphatic imine (C=N–C) groups is 1. The van der Waals surface area contributed by atoms with Crippen LogP contribution in [0, 0.1) is 11.6 Å². The van der Waals surface area contributed by atoms with E-state index >= 15 is 0 Å². The van der Waals surface area contributed by atoms with Gasteiger partial charge in [0.2, 0.25) is 0 Å². The zero-order valence-corrected chi connectivity index (χ0v) is 21.5. The second-order valence-electron chi connectivity index (χ2n) is 8.65. The summed E-state index contributed by atoms with van der Waals surface area (Å²) in [4.78, 5) is 16.9. The first-order valence-electron chi connectivity index (χ1n) is 11.8. The normalized spacial score (nSPS) is 13.5. The van der Waals surface area contributed by atoms with Crippen molar-refractivity contribution < 1.29 is 26.7 Å². The fraction of sp³-hybridized carbons (Fsp3) is 0.133. The molecule has 0 aliphatic carbocycles. The summed E-state index contributed by atoms with van der Waals surface area (Å²) in [5.74, 6) is -2.12. The van der Waals surface area contributed by atoms with Gasteiger partial charge in [-0.05, 0) is 65.4 Å². The minimum Gasteiger partial charge on any atom is -0.363 e. The molecule has 200 valence electrons. The molecule has 0 heterocycles. The maximum absolute atomic E-state index is 14.8.